The van der Waals surface area contributed by atoms with E-state index < -0.39 is 0 Å². The van der Waals surface area contributed by atoms with Crippen molar-refractivity contribution in [1.82, 2.24) is 9.47 Å². The van der Waals surface area contributed by atoms with Gasteiger partial charge < -0.3 is 15.0 Å². The number of hydrogen-bond donors (Lipinski definition) is 1. The maximum Gasteiger partial charge on any atom is 0.237 e. The summed E-state index contributed by atoms with van der Waals surface area (Å²) in [5.74, 6) is 1.22. The number of rotatable bonds is 5. The van der Waals surface area contributed by atoms with Gasteiger partial charge in [0.2, 0.25) is 5.91 Å². The lowest BCUT2D eigenvalue weighted by Gasteiger charge is -2.41. The minimum absolute atomic E-state index is 0.162. The van der Waals surface area contributed by atoms with Crippen LogP contribution in [0.4, 0.5) is 0 Å². The topological polar surface area (TPSA) is 60.5 Å². The molecular formula is C23H25N3O2. The van der Waals surface area contributed by atoms with Crippen molar-refractivity contribution in [2.75, 3.05) is 26.2 Å². The summed E-state index contributed by atoms with van der Waals surface area (Å²) < 4.78 is 8.03. The quantitative estimate of drug-likeness (QED) is 0.696. The van der Waals surface area contributed by atoms with E-state index in [2.05, 4.69) is 23.1 Å². The van der Waals surface area contributed by atoms with Crippen LogP contribution < -0.4 is 10.5 Å². The number of fused-ring (bicyclic) bond motifs is 6. The number of hydrogen-bond acceptors (Lipinski definition) is 3. The minimum Gasteiger partial charge on any atom is -0.489 e. The third kappa shape index (κ3) is 3.06. The summed E-state index contributed by atoms with van der Waals surface area (Å²) in [7, 11) is 0. The Hall–Kier alpha value is -2.79. The Bertz CT molecular complexity index is 1070. The maximum atomic E-state index is 11.6. The van der Waals surface area contributed by atoms with Crippen molar-refractivity contribution in [3.05, 3.63) is 54.1 Å². The zero-order chi connectivity index (χ0) is 19.1. The molecule has 5 heteroatoms. The second kappa shape index (κ2) is 6.99. The molecule has 0 atom stereocenters. The monoisotopic (exact) mass is 375 g/mol. The van der Waals surface area contributed by atoms with E-state index in [0.29, 0.717) is 6.61 Å². The van der Waals surface area contributed by atoms with Crippen LogP contribution in [0.3, 0.4) is 0 Å². The molecule has 1 amide bonds. The predicted molar refractivity (Wildman–Crippen MR) is 111 cm³/mol. The molecule has 5 nitrogen and oxygen atoms in total. The zero-order valence-corrected chi connectivity index (χ0v) is 15.9. The van der Waals surface area contributed by atoms with Crippen molar-refractivity contribution >= 4 is 27.7 Å². The van der Waals surface area contributed by atoms with Gasteiger partial charge in [-0.15, -0.1) is 0 Å². The van der Waals surface area contributed by atoms with E-state index in [-0.39, 0.29) is 12.5 Å². The highest BCUT2D eigenvalue weighted by Gasteiger charge is 2.28. The normalized spacial score (nSPS) is 22.9. The average Bonchev–Trinajstić information content (AvgIpc) is 3.02. The molecule has 3 fully saturated rings. The van der Waals surface area contributed by atoms with Gasteiger partial charge in [-0.3, -0.25) is 9.69 Å². The lowest BCUT2D eigenvalue weighted by Crippen LogP contribution is -2.43. The standard InChI is InChI=1S/C23H25N3O2/c24-23(27)15-26-21-4-2-1-3-19(21)20-6-5-18(13-22(20)26)28-12-9-17-14-25-10-7-16(17)8-11-25/h1-6,9,13,16H,7-8,10-12,14-15H2,(H2,24,27). The highest BCUT2D eigenvalue weighted by Crippen LogP contribution is 2.33. The number of ether oxygens (including phenoxy) is 1. The van der Waals surface area contributed by atoms with Gasteiger partial charge in [0.25, 0.3) is 0 Å². The molecule has 6 rings (SSSR count). The summed E-state index contributed by atoms with van der Waals surface area (Å²) in [4.78, 5) is 14.1. The van der Waals surface area contributed by atoms with Gasteiger partial charge in [-0.1, -0.05) is 23.8 Å². The fourth-order valence-electron chi connectivity index (χ4n) is 4.77. The van der Waals surface area contributed by atoms with Crippen molar-refractivity contribution in [2.45, 2.75) is 19.4 Å². The van der Waals surface area contributed by atoms with Crippen molar-refractivity contribution in [3.8, 4) is 5.75 Å². The highest BCUT2D eigenvalue weighted by molar-refractivity contribution is 6.08. The second-order valence-electron chi connectivity index (χ2n) is 7.89. The second-order valence-corrected chi connectivity index (χ2v) is 7.89. The SMILES string of the molecule is NC(=O)Cn1c2ccccc2c2ccc(OCC=C3CN4CCC3CC4)cc21. The van der Waals surface area contributed by atoms with Gasteiger partial charge in [-0.05, 0) is 56.1 Å². The molecule has 28 heavy (non-hydrogen) atoms. The van der Waals surface area contributed by atoms with Gasteiger partial charge in [-0.25, -0.2) is 0 Å². The van der Waals surface area contributed by atoms with Crippen LogP contribution in [0.5, 0.6) is 5.75 Å². The van der Waals surface area contributed by atoms with E-state index in [1.165, 1.54) is 31.5 Å². The third-order valence-electron chi connectivity index (χ3n) is 6.17. The largest absolute Gasteiger partial charge is 0.489 e. The van der Waals surface area contributed by atoms with Crippen molar-refractivity contribution in [3.63, 3.8) is 0 Å². The van der Waals surface area contributed by atoms with Gasteiger partial charge in [0.15, 0.2) is 0 Å². The predicted octanol–water partition coefficient (Wildman–Crippen LogP) is 3.31. The molecule has 0 unspecified atom stereocenters. The first kappa shape index (κ1) is 17.3. The first-order chi connectivity index (χ1) is 13.7. The van der Waals surface area contributed by atoms with Crippen molar-refractivity contribution in [2.24, 2.45) is 11.7 Å². The van der Waals surface area contributed by atoms with E-state index >= 15 is 0 Å². The van der Waals surface area contributed by atoms with E-state index in [1.807, 2.05) is 34.9 Å². The molecule has 0 spiro atoms. The molecule has 1 aromatic heterocycles. The molecule has 0 aliphatic carbocycles. The molecule has 144 valence electrons. The van der Waals surface area contributed by atoms with Crippen LogP contribution in [0.15, 0.2) is 54.1 Å². The van der Waals surface area contributed by atoms with Crippen molar-refractivity contribution < 1.29 is 9.53 Å². The third-order valence-corrected chi connectivity index (χ3v) is 6.17. The summed E-state index contributed by atoms with van der Waals surface area (Å²) in [6.07, 6.45) is 4.83. The van der Waals surface area contributed by atoms with Crippen LogP contribution in [0, 0.1) is 5.92 Å². The van der Waals surface area contributed by atoms with Gasteiger partial charge >= 0.3 is 0 Å². The van der Waals surface area contributed by atoms with E-state index in [9.17, 15) is 4.79 Å². The molecule has 3 aromatic rings. The van der Waals surface area contributed by atoms with Gasteiger partial charge in [0.1, 0.15) is 18.9 Å². The molecule has 3 aliphatic rings. The first-order valence-corrected chi connectivity index (χ1v) is 10.0. The summed E-state index contributed by atoms with van der Waals surface area (Å²) in [6, 6.07) is 14.2. The molecule has 3 saturated heterocycles. The molecule has 0 radical (unpaired) electrons. The summed E-state index contributed by atoms with van der Waals surface area (Å²) in [5.41, 5.74) is 9.02. The summed E-state index contributed by atoms with van der Waals surface area (Å²) in [5, 5.41) is 2.24. The fourth-order valence-corrected chi connectivity index (χ4v) is 4.77. The molecule has 2 N–H and O–H groups in total. The number of nitrogens with zero attached hydrogens (tertiary/aromatic N) is 2. The molecule has 2 bridgehead atoms. The van der Waals surface area contributed by atoms with Crippen LogP contribution in [0.1, 0.15) is 12.8 Å². The number of primary amides is 1. The Balaban J connectivity index is 1.43. The van der Waals surface area contributed by atoms with Gasteiger partial charge in [0, 0.05) is 28.9 Å². The lowest BCUT2D eigenvalue weighted by molar-refractivity contribution is -0.118. The number of para-hydroxylation sites is 1. The summed E-state index contributed by atoms with van der Waals surface area (Å²) >= 11 is 0. The number of aromatic nitrogens is 1. The molecule has 3 aliphatic heterocycles. The average molecular weight is 375 g/mol. The Morgan fingerprint density at radius 3 is 2.64 bits per heavy atom. The molecule has 4 heterocycles. The lowest BCUT2D eigenvalue weighted by atomic mass is 9.84. The van der Waals surface area contributed by atoms with Crippen LogP contribution in [0.25, 0.3) is 21.8 Å². The van der Waals surface area contributed by atoms with E-state index in [4.69, 9.17) is 10.5 Å². The minimum atomic E-state index is -0.346. The van der Waals surface area contributed by atoms with E-state index in [0.717, 1.165) is 40.0 Å². The smallest absolute Gasteiger partial charge is 0.237 e. The number of carbonyl (C=O) groups excluding carboxylic acids is 1. The van der Waals surface area contributed by atoms with Crippen LogP contribution >= 0.6 is 0 Å². The summed E-state index contributed by atoms with van der Waals surface area (Å²) in [6.45, 7) is 4.32. The molecule has 0 saturated carbocycles. The van der Waals surface area contributed by atoms with E-state index in [1.54, 1.807) is 0 Å². The Kier molecular flexibility index (Phi) is 4.32. The fraction of sp³-hybridized carbons (Fsp3) is 0.348. The maximum absolute atomic E-state index is 11.6. The number of nitrogens with two attached hydrogens (primary N) is 1. The number of carbonyl (C=O) groups is 1. The Morgan fingerprint density at radius 2 is 1.89 bits per heavy atom. The zero-order valence-electron chi connectivity index (χ0n) is 15.9. The Morgan fingerprint density at radius 1 is 1.11 bits per heavy atom. The number of piperidine rings is 3. The first-order valence-electron chi connectivity index (χ1n) is 10.0. The van der Waals surface area contributed by atoms with Crippen molar-refractivity contribution in [1.29, 1.82) is 0 Å². The molecule has 2 aromatic carbocycles. The molecular weight excluding hydrogens is 350 g/mol. The van der Waals surface area contributed by atoms with Gasteiger partial charge in [0.05, 0.1) is 5.52 Å². The highest BCUT2D eigenvalue weighted by atomic mass is 16.5. The van der Waals surface area contributed by atoms with Crippen LogP contribution in [-0.4, -0.2) is 41.6 Å². The van der Waals surface area contributed by atoms with Gasteiger partial charge in [-0.2, -0.15) is 0 Å². The van der Waals surface area contributed by atoms with Crippen LogP contribution in [0.2, 0.25) is 0 Å². The number of amides is 1. The Labute approximate surface area is 164 Å². The van der Waals surface area contributed by atoms with Crippen LogP contribution in [-0.2, 0) is 11.3 Å². The number of benzene rings is 2.